The van der Waals surface area contributed by atoms with Crippen molar-refractivity contribution in [3.63, 3.8) is 0 Å². The molecule has 3 aromatic rings. The monoisotopic (exact) mass is 378 g/mol. The van der Waals surface area contributed by atoms with E-state index in [1.54, 1.807) is 18.3 Å². The van der Waals surface area contributed by atoms with E-state index in [9.17, 15) is 9.18 Å². The molecule has 28 heavy (non-hydrogen) atoms. The highest BCUT2D eigenvalue weighted by atomic mass is 19.1. The molecular formula is C22H23FN4O. The summed E-state index contributed by atoms with van der Waals surface area (Å²) in [6.45, 7) is 2.05. The number of amides is 1. The van der Waals surface area contributed by atoms with Crippen LogP contribution in [0.2, 0.25) is 0 Å². The molecular weight excluding hydrogens is 355 g/mol. The van der Waals surface area contributed by atoms with Gasteiger partial charge in [0.1, 0.15) is 11.5 Å². The summed E-state index contributed by atoms with van der Waals surface area (Å²) in [4.78, 5) is 24.7. The van der Waals surface area contributed by atoms with Gasteiger partial charge in [0.05, 0.1) is 11.7 Å². The van der Waals surface area contributed by atoms with Gasteiger partial charge in [0, 0.05) is 30.0 Å². The number of fused-ring (bicyclic) bond motifs is 1. The van der Waals surface area contributed by atoms with Gasteiger partial charge in [0.2, 0.25) is 0 Å². The van der Waals surface area contributed by atoms with Crippen molar-refractivity contribution in [2.45, 2.75) is 44.6 Å². The number of nitrogens with zero attached hydrogens (tertiary/aromatic N) is 3. The van der Waals surface area contributed by atoms with Crippen LogP contribution in [0, 0.1) is 11.7 Å². The van der Waals surface area contributed by atoms with Crippen LogP contribution in [-0.4, -0.2) is 26.9 Å². The first-order valence-electron chi connectivity index (χ1n) is 9.73. The molecule has 0 unspecified atom stereocenters. The lowest BCUT2D eigenvalue weighted by molar-refractivity contribution is 0.0912. The van der Waals surface area contributed by atoms with Gasteiger partial charge in [-0.2, -0.15) is 0 Å². The maximum atomic E-state index is 13.7. The van der Waals surface area contributed by atoms with Gasteiger partial charge in [0.15, 0.2) is 0 Å². The van der Waals surface area contributed by atoms with Crippen LogP contribution < -0.4 is 5.32 Å². The van der Waals surface area contributed by atoms with E-state index in [4.69, 9.17) is 0 Å². The Balaban J connectivity index is 1.41. The fourth-order valence-electron chi connectivity index (χ4n) is 4.24. The summed E-state index contributed by atoms with van der Waals surface area (Å²) in [7, 11) is 0. The second kappa shape index (κ2) is 8.00. The normalized spacial score (nSPS) is 20.6. The van der Waals surface area contributed by atoms with Gasteiger partial charge in [-0.25, -0.2) is 9.37 Å². The summed E-state index contributed by atoms with van der Waals surface area (Å²) >= 11 is 0. The molecule has 0 saturated heterocycles. The Kier molecular flexibility index (Phi) is 5.28. The molecule has 0 spiro atoms. The average Bonchev–Trinajstić information content (AvgIpc) is 2.74. The molecule has 1 N–H and O–H groups in total. The second-order valence-electron chi connectivity index (χ2n) is 7.53. The third-order valence-electron chi connectivity index (χ3n) is 5.81. The lowest BCUT2D eigenvalue weighted by Gasteiger charge is -2.33. The van der Waals surface area contributed by atoms with Gasteiger partial charge in [-0.15, -0.1) is 0 Å². The van der Waals surface area contributed by atoms with E-state index in [1.165, 1.54) is 24.0 Å². The Hall–Kier alpha value is -2.89. The Morgan fingerprint density at radius 2 is 1.93 bits per heavy atom. The first-order chi connectivity index (χ1) is 13.6. The second-order valence-corrected chi connectivity index (χ2v) is 7.53. The first-order valence-corrected chi connectivity index (χ1v) is 9.73. The molecule has 1 amide bonds. The fraction of sp³-hybridized carbons (Fsp3) is 0.364. The Bertz CT molecular complexity index is 971. The zero-order valence-electron chi connectivity index (χ0n) is 15.8. The largest absolute Gasteiger partial charge is 0.348 e. The summed E-state index contributed by atoms with van der Waals surface area (Å²) in [6, 6.07) is 6.88. The highest BCUT2D eigenvalue weighted by Crippen LogP contribution is 2.39. The van der Waals surface area contributed by atoms with Gasteiger partial charge < -0.3 is 5.32 Å². The van der Waals surface area contributed by atoms with Crippen LogP contribution >= 0.6 is 0 Å². The minimum absolute atomic E-state index is 0.0714. The molecule has 1 aliphatic carbocycles. The molecule has 6 heteroatoms. The van der Waals surface area contributed by atoms with E-state index in [0.717, 1.165) is 36.6 Å². The van der Waals surface area contributed by atoms with Crippen LogP contribution in [0.4, 0.5) is 4.39 Å². The van der Waals surface area contributed by atoms with Gasteiger partial charge in [-0.05, 0) is 74.3 Å². The predicted molar refractivity (Wildman–Crippen MR) is 105 cm³/mol. The van der Waals surface area contributed by atoms with E-state index in [-0.39, 0.29) is 17.8 Å². The summed E-state index contributed by atoms with van der Waals surface area (Å²) in [6.07, 6.45) is 10.4. The van der Waals surface area contributed by atoms with Crippen molar-refractivity contribution in [1.29, 1.82) is 0 Å². The standard InChI is InChI=1S/C22H23FN4O/c1-14(27-22(28)21-13-24-10-11-26-21)15-2-4-16(5-3-15)18-8-9-25-20-7-6-17(23)12-19(18)20/h6-16H,2-5H2,1H3,(H,27,28)/t14-,15?,16?/m1/s1. The molecule has 4 rings (SSSR count). The summed E-state index contributed by atoms with van der Waals surface area (Å²) in [5, 5.41) is 3.97. The minimum atomic E-state index is -0.226. The summed E-state index contributed by atoms with van der Waals surface area (Å²) in [5.41, 5.74) is 2.36. The smallest absolute Gasteiger partial charge is 0.271 e. The molecule has 1 aliphatic rings. The van der Waals surface area contributed by atoms with Crippen LogP contribution in [0.5, 0.6) is 0 Å². The van der Waals surface area contributed by atoms with E-state index < -0.39 is 0 Å². The molecule has 0 radical (unpaired) electrons. The van der Waals surface area contributed by atoms with Gasteiger partial charge in [-0.1, -0.05) is 0 Å². The lowest BCUT2D eigenvalue weighted by atomic mass is 9.75. The van der Waals surface area contributed by atoms with E-state index in [0.29, 0.717) is 17.5 Å². The van der Waals surface area contributed by atoms with Crippen LogP contribution in [0.1, 0.15) is 54.6 Å². The highest BCUT2D eigenvalue weighted by molar-refractivity contribution is 5.92. The topological polar surface area (TPSA) is 67.8 Å². The van der Waals surface area contributed by atoms with E-state index >= 15 is 0 Å². The van der Waals surface area contributed by atoms with E-state index in [1.807, 2.05) is 12.3 Å². The summed E-state index contributed by atoms with van der Waals surface area (Å²) in [5.74, 6) is 0.405. The molecule has 2 heterocycles. The molecule has 144 valence electrons. The number of hydrogen-bond donors (Lipinski definition) is 1. The zero-order valence-corrected chi connectivity index (χ0v) is 15.8. The van der Waals surface area contributed by atoms with Crippen LogP contribution in [-0.2, 0) is 0 Å². The Morgan fingerprint density at radius 1 is 1.11 bits per heavy atom. The third kappa shape index (κ3) is 3.86. The third-order valence-corrected chi connectivity index (χ3v) is 5.81. The first kappa shape index (κ1) is 18.5. The van der Waals surface area contributed by atoms with Gasteiger partial charge in [0.25, 0.3) is 5.91 Å². The maximum Gasteiger partial charge on any atom is 0.271 e. The van der Waals surface area contributed by atoms with Gasteiger partial charge in [-0.3, -0.25) is 14.8 Å². The predicted octanol–water partition coefficient (Wildman–Crippen LogP) is 4.26. The molecule has 1 fully saturated rings. The molecule has 1 atom stereocenters. The number of halogens is 1. The molecule has 1 aromatic carbocycles. The van der Waals surface area contributed by atoms with E-state index in [2.05, 4.69) is 27.2 Å². The molecule has 2 aromatic heterocycles. The fourth-order valence-corrected chi connectivity index (χ4v) is 4.24. The number of hydrogen-bond acceptors (Lipinski definition) is 4. The number of carbonyl (C=O) groups excluding carboxylic acids is 1. The van der Waals surface area contributed by atoms with Crippen molar-refractivity contribution >= 4 is 16.8 Å². The van der Waals surface area contributed by atoms with Crippen LogP contribution in [0.3, 0.4) is 0 Å². The Labute approximate surface area is 163 Å². The number of aromatic nitrogens is 3. The maximum absolute atomic E-state index is 13.7. The molecule has 0 bridgehead atoms. The zero-order chi connectivity index (χ0) is 19.5. The van der Waals surface area contributed by atoms with Crippen LogP contribution in [0.15, 0.2) is 49.1 Å². The number of rotatable bonds is 4. The van der Waals surface area contributed by atoms with Crippen molar-refractivity contribution in [1.82, 2.24) is 20.3 Å². The van der Waals surface area contributed by atoms with Crippen molar-refractivity contribution < 1.29 is 9.18 Å². The molecule has 1 saturated carbocycles. The van der Waals surface area contributed by atoms with Crippen molar-refractivity contribution in [2.24, 2.45) is 5.92 Å². The molecule has 5 nitrogen and oxygen atoms in total. The number of benzene rings is 1. The minimum Gasteiger partial charge on any atom is -0.348 e. The number of carbonyl (C=O) groups is 1. The summed E-state index contributed by atoms with van der Waals surface area (Å²) < 4.78 is 13.7. The van der Waals surface area contributed by atoms with Crippen LogP contribution in [0.25, 0.3) is 10.9 Å². The van der Waals surface area contributed by atoms with Crippen molar-refractivity contribution in [3.8, 4) is 0 Å². The SMILES string of the molecule is C[C@@H](NC(=O)c1cnccn1)C1CCC(c2ccnc3ccc(F)cc23)CC1. The van der Waals surface area contributed by atoms with Crippen molar-refractivity contribution in [3.05, 3.63) is 66.1 Å². The average molecular weight is 378 g/mol. The number of pyridine rings is 1. The number of nitrogens with one attached hydrogen (secondary N) is 1. The Morgan fingerprint density at radius 3 is 2.68 bits per heavy atom. The molecule has 0 aliphatic heterocycles. The quantitative estimate of drug-likeness (QED) is 0.737. The van der Waals surface area contributed by atoms with Gasteiger partial charge >= 0.3 is 0 Å². The van der Waals surface area contributed by atoms with Crippen molar-refractivity contribution in [2.75, 3.05) is 0 Å². The highest BCUT2D eigenvalue weighted by Gasteiger charge is 2.28. The lowest BCUT2D eigenvalue weighted by Crippen LogP contribution is -2.39.